The molecule has 1 aromatic rings. The minimum absolute atomic E-state index is 0.118. The van der Waals surface area contributed by atoms with Crippen LogP contribution in [0.4, 0.5) is 5.69 Å². The minimum Gasteiger partial charge on any atom is -0.389 e. The van der Waals surface area contributed by atoms with Crippen LogP contribution in [-0.2, 0) is 4.79 Å². The maximum absolute atomic E-state index is 11.8. The molecule has 0 heterocycles. The van der Waals surface area contributed by atoms with Crippen LogP contribution in [0, 0.1) is 0 Å². The molecule has 0 aliphatic rings. The lowest BCUT2D eigenvalue weighted by atomic mass is 10.1. The van der Waals surface area contributed by atoms with Crippen molar-refractivity contribution >= 4 is 28.8 Å². The number of benzene rings is 1. The van der Waals surface area contributed by atoms with Gasteiger partial charge in [0.1, 0.15) is 4.99 Å². The van der Waals surface area contributed by atoms with Crippen molar-refractivity contribution in [2.75, 3.05) is 11.9 Å². The Bertz CT molecular complexity index is 418. The maximum atomic E-state index is 11.8. The summed E-state index contributed by atoms with van der Waals surface area (Å²) in [6, 6.07) is 7.42. The van der Waals surface area contributed by atoms with Crippen LogP contribution in [0.3, 0.4) is 0 Å². The van der Waals surface area contributed by atoms with Gasteiger partial charge in [0.05, 0.1) is 0 Å². The van der Waals surface area contributed by atoms with E-state index >= 15 is 0 Å². The second-order valence-corrected chi connectivity index (χ2v) is 4.41. The number of rotatable bonds is 5. The molecule has 1 aromatic carbocycles. The zero-order chi connectivity index (χ0) is 12.8. The normalized spacial score (nSPS) is 10.0. The number of nitrogens with zero attached hydrogens (tertiary/aromatic N) is 1. The van der Waals surface area contributed by atoms with Gasteiger partial charge in [-0.05, 0) is 18.6 Å². The van der Waals surface area contributed by atoms with Crippen LogP contribution in [0.5, 0.6) is 0 Å². The van der Waals surface area contributed by atoms with E-state index in [9.17, 15) is 4.79 Å². The van der Waals surface area contributed by atoms with E-state index in [1.807, 2.05) is 24.3 Å². The van der Waals surface area contributed by atoms with Crippen LogP contribution in [0.2, 0.25) is 0 Å². The van der Waals surface area contributed by atoms with Crippen molar-refractivity contribution in [2.24, 2.45) is 5.73 Å². The summed E-state index contributed by atoms with van der Waals surface area (Å²) >= 11 is 4.92. The summed E-state index contributed by atoms with van der Waals surface area (Å²) < 4.78 is 0. The van der Waals surface area contributed by atoms with Crippen molar-refractivity contribution in [3.63, 3.8) is 0 Å². The van der Waals surface area contributed by atoms with Gasteiger partial charge in [0, 0.05) is 24.7 Å². The van der Waals surface area contributed by atoms with Gasteiger partial charge in [-0.2, -0.15) is 0 Å². The summed E-state index contributed by atoms with van der Waals surface area (Å²) in [5.74, 6) is 0.118. The number of thiocarbonyl (C=S) groups is 1. The first-order chi connectivity index (χ1) is 8.06. The standard InChI is InChI=1S/C13H18N2OS/c1-3-4-8-12(16)15(2)11-7-5-6-10(9-11)13(14)17/h5-7,9H,3-4,8H2,1-2H3,(H2,14,17). The Morgan fingerprint density at radius 1 is 1.47 bits per heavy atom. The number of nitrogens with two attached hydrogens (primary N) is 1. The minimum atomic E-state index is 0.118. The average Bonchev–Trinajstić information content (AvgIpc) is 2.35. The zero-order valence-corrected chi connectivity index (χ0v) is 11.1. The summed E-state index contributed by atoms with van der Waals surface area (Å²) in [5.41, 5.74) is 7.18. The molecule has 2 N–H and O–H groups in total. The van der Waals surface area contributed by atoms with Crippen LogP contribution in [0.15, 0.2) is 24.3 Å². The molecule has 0 atom stereocenters. The van der Waals surface area contributed by atoms with E-state index in [4.69, 9.17) is 18.0 Å². The number of hydrogen-bond acceptors (Lipinski definition) is 2. The second-order valence-electron chi connectivity index (χ2n) is 3.97. The molecule has 0 aliphatic carbocycles. The van der Waals surface area contributed by atoms with Crippen molar-refractivity contribution in [1.82, 2.24) is 0 Å². The third-order valence-corrected chi connectivity index (χ3v) is 2.87. The van der Waals surface area contributed by atoms with Gasteiger partial charge in [0.25, 0.3) is 0 Å². The molecule has 17 heavy (non-hydrogen) atoms. The van der Waals surface area contributed by atoms with Gasteiger partial charge >= 0.3 is 0 Å². The van der Waals surface area contributed by atoms with Gasteiger partial charge in [-0.3, -0.25) is 4.79 Å². The topological polar surface area (TPSA) is 46.3 Å². The Kier molecular flexibility index (Phi) is 5.10. The molecule has 0 spiro atoms. The Morgan fingerprint density at radius 2 is 2.18 bits per heavy atom. The highest BCUT2D eigenvalue weighted by molar-refractivity contribution is 7.80. The van der Waals surface area contributed by atoms with Gasteiger partial charge in [-0.25, -0.2) is 0 Å². The second kappa shape index (κ2) is 6.35. The van der Waals surface area contributed by atoms with E-state index < -0.39 is 0 Å². The molecule has 0 saturated carbocycles. The van der Waals surface area contributed by atoms with Crippen LogP contribution in [-0.4, -0.2) is 17.9 Å². The highest BCUT2D eigenvalue weighted by Gasteiger charge is 2.10. The average molecular weight is 250 g/mol. The van der Waals surface area contributed by atoms with Crippen molar-refractivity contribution in [3.05, 3.63) is 29.8 Å². The number of carbonyl (C=O) groups is 1. The highest BCUT2D eigenvalue weighted by atomic mass is 32.1. The van der Waals surface area contributed by atoms with Crippen molar-refractivity contribution in [1.29, 1.82) is 0 Å². The molecular formula is C13H18N2OS. The fourth-order valence-corrected chi connectivity index (χ4v) is 1.63. The third kappa shape index (κ3) is 3.82. The molecule has 92 valence electrons. The molecule has 0 fully saturated rings. The number of hydrogen-bond donors (Lipinski definition) is 1. The van der Waals surface area contributed by atoms with Crippen molar-refractivity contribution in [2.45, 2.75) is 26.2 Å². The zero-order valence-electron chi connectivity index (χ0n) is 10.3. The highest BCUT2D eigenvalue weighted by Crippen LogP contribution is 2.16. The fourth-order valence-electron chi connectivity index (χ4n) is 1.51. The van der Waals surface area contributed by atoms with Crippen LogP contribution in [0.1, 0.15) is 31.7 Å². The quantitative estimate of drug-likeness (QED) is 0.817. The van der Waals surface area contributed by atoms with Crippen LogP contribution < -0.4 is 10.6 Å². The lowest BCUT2D eigenvalue weighted by Gasteiger charge is -2.18. The Hall–Kier alpha value is -1.42. The summed E-state index contributed by atoms with van der Waals surface area (Å²) in [6.07, 6.45) is 2.51. The summed E-state index contributed by atoms with van der Waals surface area (Å²) in [5, 5.41) is 0. The number of carbonyl (C=O) groups excluding carboxylic acids is 1. The van der Waals surface area contributed by atoms with Gasteiger partial charge in [0.15, 0.2) is 0 Å². The van der Waals surface area contributed by atoms with E-state index in [2.05, 4.69) is 6.92 Å². The first-order valence-corrected chi connectivity index (χ1v) is 6.13. The predicted molar refractivity (Wildman–Crippen MR) is 75.3 cm³/mol. The lowest BCUT2D eigenvalue weighted by molar-refractivity contribution is -0.118. The van der Waals surface area contributed by atoms with Gasteiger partial charge in [-0.15, -0.1) is 0 Å². The van der Waals surface area contributed by atoms with E-state index in [0.29, 0.717) is 11.4 Å². The summed E-state index contributed by atoms with van der Waals surface area (Å²) in [7, 11) is 1.77. The number of amides is 1. The van der Waals surface area contributed by atoms with E-state index in [-0.39, 0.29) is 5.91 Å². The van der Waals surface area contributed by atoms with Crippen molar-refractivity contribution in [3.8, 4) is 0 Å². The van der Waals surface area contributed by atoms with E-state index in [0.717, 1.165) is 24.1 Å². The molecule has 4 heteroatoms. The smallest absolute Gasteiger partial charge is 0.226 e. The molecule has 1 amide bonds. The maximum Gasteiger partial charge on any atom is 0.226 e. The van der Waals surface area contributed by atoms with Gasteiger partial charge < -0.3 is 10.6 Å². The molecule has 1 rings (SSSR count). The number of anilines is 1. The molecule has 3 nitrogen and oxygen atoms in total. The predicted octanol–water partition coefficient (Wildman–Crippen LogP) is 2.47. The molecule has 0 radical (unpaired) electrons. The molecule has 0 aliphatic heterocycles. The molecule has 0 aromatic heterocycles. The Balaban J connectivity index is 2.81. The van der Waals surface area contributed by atoms with Crippen LogP contribution in [0.25, 0.3) is 0 Å². The SMILES string of the molecule is CCCCC(=O)N(C)c1cccc(C(N)=S)c1. The largest absolute Gasteiger partial charge is 0.389 e. The van der Waals surface area contributed by atoms with E-state index in [1.54, 1.807) is 11.9 Å². The monoisotopic (exact) mass is 250 g/mol. The fraction of sp³-hybridized carbons (Fsp3) is 0.385. The molecular weight excluding hydrogens is 232 g/mol. The Morgan fingerprint density at radius 3 is 2.76 bits per heavy atom. The van der Waals surface area contributed by atoms with E-state index in [1.165, 1.54) is 0 Å². The lowest BCUT2D eigenvalue weighted by Crippen LogP contribution is -2.26. The van der Waals surface area contributed by atoms with Crippen LogP contribution >= 0.6 is 12.2 Å². The van der Waals surface area contributed by atoms with Gasteiger partial charge in [0.2, 0.25) is 5.91 Å². The summed E-state index contributed by atoms with van der Waals surface area (Å²) in [6.45, 7) is 2.07. The van der Waals surface area contributed by atoms with Crippen molar-refractivity contribution < 1.29 is 4.79 Å². The Labute approximate surface area is 108 Å². The summed E-state index contributed by atoms with van der Waals surface area (Å²) in [4.78, 5) is 13.8. The third-order valence-electron chi connectivity index (χ3n) is 2.64. The molecule has 0 saturated heterocycles. The number of unbranched alkanes of at least 4 members (excludes halogenated alkanes) is 1. The first kappa shape index (κ1) is 13.6. The molecule has 0 unspecified atom stereocenters. The van der Waals surface area contributed by atoms with Gasteiger partial charge in [-0.1, -0.05) is 37.7 Å². The first-order valence-electron chi connectivity index (χ1n) is 5.72. The molecule has 0 bridgehead atoms.